The maximum absolute atomic E-state index is 11.6. The number of ether oxygens (including phenoxy) is 1. The number of hydrogen-bond acceptors (Lipinski definition) is 4. The van der Waals surface area contributed by atoms with Gasteiger partial charge in [0, 0.05) is 32.1 Å². The second kappa shape index (κ2) is 11.5. The highest BCUT2D eigenvalue weighted by atomic mass is 16.6. The zero-order chi connectivity index (χ0) is 19.5. The van der Waals surface area contributed by atoms with Crippen LogP contribution in [0.15, 0.2) is 11.6 Å². The highest BCUT2D eigenvalue weighted by molar-refractivity contribution is 5.88. The van der Waals surface area contributed by atoms with Gasteiger partial charge >= 0.3 is 6.09 Å². The van der Waals surface area contributed by atoms with E-state index in [1.54, 1.807) is 26.8 Å². The Morgan fingerprint density at radius 1 is 1.00 bits per heavy atom. The summed E-state index contributed by atoms with van der Waals surface area (Å²) in [5.41, 5.74) is 0.475. The molecule has 0 fully saturated rings. The van der Waals surface area contributed by atoms with Crippen molar-refractivity contribution in [1.29, 1.82) is 0 Å². The van der Waals surface area contributed by atoms with E-state index in [1.165, 1.54) is 0 Å². The number of nitrogens with one attached hydrogen (secondary N) is 3. The van der Waals surface area contributed by atoms with Crippen LogP contribution in [0.5, 0.6) is 0 Å². The highest BCUT2D eigenvalue weighted by Crippen LogP contribution is 2.07. The lowest BCUT2D eigenvalue weighted by Crippen LogP contribution is -2.35. The lowest BCUT2D eigenvalue weighted by Gasteiger charge is -2.19. The van der Waals surface area contributed by atoms with Crippen molar-refractivity contribution in [3.63, 3.8) is 0 Å². The lowest BCUT2D eigenvalue weighted by atomic mass is 10.1. The van der Waals surface area contributed by atoms with Crippen molar-refractivity contribution in [2.45, 2.75) is 60.0 Å². The molecule has 0 saturated carbocycles. The number of carbonyl (C=O) groups is 3. The van der Waals surface area contributed by atoms with Crippen LogP contribution in [-0.4, -0.2) is 43.1 Å². The Morgan fingerprint density at radius 2 is 1.60 bits per heavy atom. The van der Waals surface area contributed by atoms with E-state index in [4.69, 9.17) is 4.74 Å². The van der Waals surface area contributed by atoms with Gasteiger partial charge in [-0.15, -0.1) is 0 Å². The Kier molecular flexibility index (Phi) is 10.6. The van der Waals surface area contributed by atoms with Gasteiger partial charge in [-0.25, -0.2) is 4.79 Å². The molecule has 0 rings (SSSR count). The first kappa shape index (κ1) is 22.9. The highest BCUT2D eigenvalue weighted by Gasteiger charge is 2.15. The standard InChI is InChI=1S/C18H33N3O4/c1-13(2)14(3)12-16(23)20-10-7-9-19-15(22)8-11-21-17(24)25-18(4,5)6/h12-13H,7-11H2,1-6H3,(H,19,22)(H,20,23)(H,21,24)/b14-12+. The Bertz CT molecular complexity index is 479. The van der Waals surface area contributed by atoms with E-state index in [1.807, 2.05) is 20.8 Å². The van der Waals surface area contributed by atoms with Crippen molar-refractivity contribution >= 4 is 17.9 Å². The molecule has 0 aliphatic carbocycles. The van der Waals surface area contributed by atoms with Gasteiger partial charge < -0.3 is 20.7 Å². The molecular formula is C18H33N3O4. The van der Waals surface area contributed by atoms with Gasteiger partial charge in [-0.05, 0) is 40.0 Å². The van der Waals surface area contributed by atoms with Crippen molar-refractivity contribution in [2.24, 2.45) is 5.92 Å². The van der Waals surface area contributed by atoms with Crippen molar-refractivity contribution in [3.05, 3.63) is 11.6 Å². The molecule has 0 unspecified atom stereocenters. The first-order valence-electron chi connectivity index (χ1n) is 8.71. The van der Waals surface area contributed by atoms with Crippen LogP contribution in [0.1, 0.15) is 54.4 Å². The topological polar surface area (TPSA) is 96.5 Å². The van der Waals surface area contributed by atoms with Crippen LogP contribution in [-0.2, 0) is 14.3 Å². The van der Waals surface area contributed by atoms with E-state index in [0.29, 0.717) is 25.4 Å². The molecule has 0 radical (unpaired) electrons. The van der Waals surface area contributed by atoms with Crippen molar-refractivity contribution < 1.29 is 19.1 Å². The van der Waals surface area contributed by atoms with Crippen LogP contribution in [0.25, 0.3) is 0 Å². The smallest absolute Gasteiger partial charge is 0.407 e. The molecule has 0 aliphatic heterocycles. The Labute approximate surface area is 151 Å². The largest absolute Gasteiger partial charge is 0.444 e. The van der Waals surface area contributed by atoms with Gasteiger partial charge in [0.25, 0.3) is 0 Å². The summed E-state index contributed by atoms with van der Waals surface area (Å²) in [6.07, 6.45) is 1.90. The number of allylic oxidation sites excluding steroid dienone is 1. The third-order valence-corrected chi connectivity index (χ3v) is 3.26. The monoisotopic (exact) mass is 355 g/mol. The number of alkyl carbamates (subject to hydrolysis) is 1. The van der Waals surface area contributed by atoms with Crippen LogP contribution < -0.4 is 16.0 Å². The predicted molar refractivity (Wildman–Crippen MR) is 98.1 cm³/mol. The number of rotatable bonds is 9. The van der Waals surface area contributed by atoms with E-state index in [2.05, 4.69) is 16.0 Å². The van der Waals surface area contributed by atoms with Crippen molar-refractivity contribution in [2.75, 3.05) is 19.6 Å². The van der Waals surface area contributed by atoms with Crippen LogP contribution in [0.4, 0.5) is 4.79 Å². The van der Waals surface area contributed by atoms with Gasteiger partial charge in [0.1, 0.15) is 5.60 Å². The molecular weight excluding hydrogens is 322 g/mol. The van der Waals surface area contributed by atoms with Crippen molar-refractivity contribution in [1.82, 2.24) is 16.0 Å². The fraction of sp³-hybridized carbons (Fsp3) is 0.722. The molecule has 3 amide bonds. The molecule has 0 aliphatic rings. The SMILES string of the molecule is C/C(=C\C(=O)NCCCNC(=O)CCNC(=O)OC(C)(C)C)C(C)C. The van der Waals surface area contributed by atoms with Crippen LogP contribution in [0.2, 0.25) is 0 Å². The third kappa shape index (κ3) is 14.0. The van der Waals surface area contributed by atoms with E-state index in [0.717, 1.165) is 5.57 Å². The summed E-state index contributed by atoms with van der Waals surface area (Å²) in [4.78, 5) is 34.7. The summed E-state index contributed by atoms with van der Waals surface area (Å²) >= 11 is 0. The minimum Gasteiger partial charge on any atom is -0.444 e. The summed E-state index contributed by atoms with van der Waals surface area (Å²) < 4.78 is 5.07. The van der Waals surface area contributed by atoms with E-state index >= 15 is 0 Å². The molecule has 3 N–H and O–H groups in total. The maximum Gasteiger partial charge on any atom is 0.407 e. The van der Waals surface area contributed by atoms with Crippen LogP contribution in [0.3, 0.4) is 0 Å². The van der Waals surface area contributed by atoms with E-state index in [-0.39, 0.29) is 24.8 Å². The zero-order valence-corrected chi connectivity index (χ0v) is 16.3. The van der Waals surface area contributed by atoms with Gasteiger partial charge in [-0.2, -0.15) is 0 Å². The van der Waals surface area contributed by atoms with Gasteiger partial charge in [0.2, 0.25) is 11.8 Å². The molecule has 0 aromatic carbocycles. The molecule has 0 aromatic rings. The molecule has 144 valence electrons. The average molecular weight is 355 g/mol. The minimum absolute atomic E-state index is 0.112. The average Bonchev–Trinajstić information content (AvgIpc) is 2.44. The number of hydrogen-bond donors (Lipinski definition) is 3. The molecule has 0 atom stereocenters. The fourth-order valence-electron chi connectivity index (χ4n) is 1.63. The summed E-state index contributed by atoms with van der Waals surface area (Å²) in [6.45, 7) is 12.5. The van der Waals surface area contributed by atoms with Crippen LogP contribution in [0, 0.1) is 5.92 Å². The fourth-order valence-corrected chi connectivity index (χ4v) is 1.63. The van der Waals surface area contributed by atoms with Gasteiger partial charge in [0.15, 0.2) is 0 Å². The van der Waals surface area contributed by atoms with E-state index in [9.17, 15) is 14.4 Å². The molecule has 7 nitrogen and oxygen atoms in total. The molecule has 25 heavy (non-hydrogen) atoms. The Balaban J connectivity index is 3.73. The molecule has 0 aromatic heterocycles. The summed E-state index contributed by atoms with van der Waals surface area (Å²) in [6, 6.07) is 0. The zero-order valence-electron chi connectivity index (χ0n) is 16.3. The normalized spacial score (nSPS) is 11.9. The molecule has 0 spiro atoms. The molecule has 0 bridgehead atoms. The predicted octanol–water partition coefficient (Wildman–Crippen LogP) is 2.13. The maximum atomic E-state index is 11.6. The molecule has 0 saturated heterocycles. The van der Waals surface area contributed by atoms with Crippen LogP contribution >= 0.6 is 0 Å². The molecule has 7 heteroatoms. The van der Waals surface area contributed by atoms with E-state index < -0.39 is 11.7 Å². The Hall–Kier alpha value is -2.05. The minimum atomic E-state index is -0.556. The second-order valence-electron chi connectivity index (χ2n) is 7.22. The summed E-state index contributed by atoms with van der Waals surface area (Å²) in [5.74, 6) is 0.0800. The number of carbonyl (C=O) groups excluding carboxylic acids is 3. The Morgan fingerprint density at radius 3 is 2.16 bits per heavy atom. The number of amides is 3. The lowest BCUT2D eigenvalue weighted by molar-refractivity contribution is -0.120. The first-order chi connectivity index (χ1) is 11.5. The summed E-state index contributed by atoms with van der Waals surface area (Å²) in [5, 5.41) is 8.05. The van der Waals surface area contributed by atoms with Gasteiger partial charge in [-0.1, -0.05) is 19.4 Å². The second-order valence-corrected chi connectivity index (χ2v) is 7.22. The van der Waals surface area contributed by atoms with Gasteiger partial charge in [0.05, 0.1) is 0 Å². The summed E-state index contributed by atoms with van der Waals surface area (Å²) in [7, 11) is 0. The first-order valence-corrected chi connectivity index (χ1v) is 8.71. The third-order valence-electron chi connectivity index (χ3n) is 3.26. The molecule has 0 heterocycles. The van der Waals surface area contributed by atoms with Gasteiger partial charge in [-0.3, -0.25) is 9.59 Å². The van der Waals surface area contributed by atoms with Crippen molar-refractivity contribution in [3.8, 4) is 0 Å². The quantitative estimate of drug-likeness (QED) is 0.436.